The maximum Gasteiger partial charge on any atom is 0.209 e. The molecule has 0 amide bonds. The number of primary sulfonamides is 1. The molecule has 1 fully saturated rings. The van der Waals surface area contributed by atoms with Crippen molar-refractivity contribution in [2.75, 3.05) is 25.6 Å². The fourth-order valence-corrected chi connectivity index (χ4v) is 2.99. The highest BCUT2D eigenvalue weighted by Gasteiger charge is 2.14. The summed E-state index contributed by atoms with van der Waals surface area (Å²) in [4.78, 5) is 0. The number of sulfonamides is 1. The molecule has 0 aliphatic carbocycles. The molecule has 1 aliphatic rings. The smallest absolute Gasteiger partial charge is 0.209 e. The van der Waals surface area contributed by atoms with E-state index in [4.69, 9.17) is 14.6 Å². The van der Waals surface area contributed by atoms with E-state index >= 15 is 0 Å². The summed E-state index contributed by atoms with van der Waals surface area (Å²) in [6, 6.07) is 0. The molecule has 1 heterocycles. The van der Waals surface area contributed by atoms with Crippen molar-refractivity contribution >= 4 is 10.0 Å². The first-order valence-electron chi connectivity index (χ1n) is 7.78. The maximum atomic E-state index is 10.7. The highest BCUT2D eigenvalue weighted by atomic mass is 32.2. The van der Waals surface area contributed by atoms with E-state index in [-0.39, 0.29) is 5.75 Å². The molecule has 0 radical (unpaired) electrons. The lowest BCUT2D eigenvalue weighted by molar-refractivity contribution is 0.0161. The molecule has 5 nitrogen and oxygen atoms in total. The van der Waals surface area contributed by atoms with Crippen LogP contribution in [0.15, 0.2) is 0 Å². The average Bonchev–Trinajstić information content (AvgIpc) is 2.87. The van der Waals surface area contributed by atoms with Crippen LogP contribution < -0.4 is 5.14 Å². The second-order valence-electron chi connectivity index (χ2n) is 5.55. The van der Waals surface area contributed by atoms with Gasteiger partial charge in [-0.15, -0.1) is 0 Å². The number of ether oxygens (including phenoxy) is 2. The normalized spacial score (nSPS) is 19.6. The van der Waals surface area contributed by atoms with Crippen LogP contribution in [0, 0.1) is 0 Å². The SMILES string of the molecule is NS(=O)(=O)CCCCCCCCCOCC1CCCO1. The van der Waals surface area contributed by atoms with Gasteiger partial charge in [0, 0.05) is 13.2 Å². The molecule has 0 aromatic rings. The van der Waals surface area contributed by atoms with E-state index in [1.54, 1.807) is 0 Å². The Morgan fingerprint density at radius 3 is 2.30 bits per heavy atom. The summed E-state index contributed by atoms with van der Waals surface area (Å²) in [5.41, 5.74) is 0. The molecule has 1 saturated heterocycles. The lowest BCUT2D eigenvalue weighted by Gasteiger charge is -2.09. The highest BCUT2D eigenvalue weighted by Crippen LogP contribution is 2.12. The Kier molecular flexibility index (Phi) is 9.42. The zero-order valence-electron chi connectivity index (χ0n) is 12.4. The van der Waals surface area contributed by atoms with Gasteiger partial charge < -0.3 is 9.47 Å². The maximum absolute atomic E-state index is 10.7. The minimum atomic E-state index is -3.27. The Morgan fingerprint density at radius 1 is 1.05 bits per heavy atom. The Labute approximate surface area is 123 Å². The molecule has 1 rings (SSSR count). The number of unbranched alkanes of at least 4 members (excludes halogenated alkanes) is 6. The molecule has 0 saturated carbocycles. The van der Waals surface area contributed by atoms with Crippen LogP contribution in [0.3, 0.4) is 0 Å². The predicted octanol–water partition coefficient (Wildman–Crippen LogP) is 2.20. The third-order valence-electron chi connectivity index (χ3n) is 3.55. The van der Waals surface area contributed by atoms with Crippen molar-refractivity contribution in [3.63, 3.8) is 0 Å². The van der Waals surface area contributed by atoms with E-state index in [1.165, 1.54) is 19.3 Å². The zero-order valence-corrected chi connectivity index (χ0v) is 13.2. The van der Waals surface area contributed by atoms with Crippen LogP contribution in [0.2, 0.25) is 0 Å². The molecule has 0 bridgehead atoms. The summed E-state index contributed by atoms with van der Waals surface area (Å²) < 4.78 is 32.5. The van der Waals surface area contributed by atoms with Crippen molar-refractivity contribution in [2.45, 2.75) is 63.9 Å². The Bertz CT molecular complexity index is 326. The predicted molar refractivity (Wildman–Crippen MR) is 80.1 cm³/mol. The van der Waals surface area contributed by atoms with Crippen molar-refractivity contribution < 1.29 is 17.9 Å². The Balaban J connectivity index is 1.74. The van der Waals surface area contributed by atoms with Crippen molar-refractivity contribution in [1.82, 2.24) is 0 Å². The summed E-state index contributed by atoms with van der Waals surface area (Å²) in [6.07, 6.45) is 9.99. The first kappa shape index (κ1) is 17.9. The fourth-order valence-electron chi connectivity index (χ4n) is 2.38. The molecule has 6 heteroatoms. The first-order chi connectivity index (χ1) is 9.58. The van der Waals surface area contributed by atoms with Crippen LogP contribution in [-0.4, -0.2) is 40.1 Å². The standard InChI is InChI=1S/C14H29NO4S/c15-20(16,17)12-7-5-3-1-2-4-6-10-18-13-14-9-8-11-19-14/h14H,1-13H2,(H2,15,16,17). The number of rotatable bonds is 12. The second-order valence-corrected chi connectivity index (χ2v) is 7.29. The zero-order chi connectivity index (χ0) is 14.7. The van der Waals surface area contributed by atoms with Gasteiger partial charge in [0.1, 0.15) is 0 Å². The Hall–Kier alpha value is -0.170. The van der Waals surface area contributed by atoms with Crippen LogP contribution in [-0.2, 0) is 19.5 Å². The first-order valence-corrected chi connectivity index (χ1v) is 9.49. The molecule has 1 aliphatic heterocycles. The fraction of sp³-hybridized carbons (Fsp3) is 1.00. The van der Waals surface area contributed by atoms with Crippen LogP contribution in [0.1, 0.15) is 57.8 Å². The van der Waals surface area contributed by atoms with Crippen LogP contribution in [0.4, 0.5) is 0 Å². The number of nitrogens with two attached hydrogens (primary N) is 1. The van der Waals surface area contributed by atoms with Gasteiger partial charge in [-0.05, 0) is 25.7 Å². The van der Waals surface area contributed by atoms with Gasteiger partial charge in [-0.2, -0.15) is 0 Å². The van der Waals surface area contributed by atoms with Gasteiger partial charge in [-0.25, -0.2) is 13.6 Å². The molecule has 0 aromatic heterocycles. The van der Waals surface area contributed by atoms with E-state index in [2.05, 4.69) is 0 Å². The van der Waals surface area contributed by atoms with E-state index < -0.39 is 10.0 Å². The van der Waals surface area contributed by atoms with Crippen molar-refractivity contribution in [1.29, 1.82) is 0 Å². The van der Waals surface area contributed by atoms with Crippen molar-refractivity contribution in [3.8, 4) is 0 Å². The summed E-state index contributed by atoms with van der Waals surface area (Å²) in [7, 11) is -3.27. The number of hydrogen-bond donors (Lipinski definition) is 1. The van der Waals surface area contributed by atoms with Gasteiger partial charge in [0.05, 0.1) is 18.5 Å². The van der Waals surface area contributed by atoms with Crippen LogP contribution in [0.5, 0.6) is 0 Å². The van der Waals surface area contributed by atoms with Gasteiger partial charge in [0.2, 0.25) is 10.0 Å². The lowest BCUT2D eigenvalue weighted by atomic mass is 10.1. The molecule has 1 atom stereocenters. The van der Waals surface area contributed by atoms with E-state index in [9.17, 15) is 8.42 Å². The van der Waals surface area contributed by atoms with E-state index in [0.29, 0.717) is 12.5 Å². The Morgan fingerprint density at radius 2 is 1.70 bits per heavy atom. The molecule has 120 valence electrons. The molecule has 20 heavy (non-hydrogen) atoms. The number of hydrogen-bond acceptors (Lipinski definition) is 4. The van der Waals surface area contributed by atoms with Gasteiger partial charge in [-0.1, -0.05) is 32.1 Å². The largest absolute Gasteiger partial charge is 0.379 e. The minimum absolute atomic E-state index is 0.115. The summed E-state index contributed by atoms with van der Waals surface area (Å²) in [6.45, 7) is 2.46. The monoisotopic (exact) mass is 307 g/mol. The molecular formula is C14H29NO4S. The van der Waals surface area contributed by atoms with Crippen molar-refractivity contribution in [2.24, 2.45) is 5.14 Å². The van der Waals surface area contributed by atoms with Crippen LogP contribution in [0.25, 0.3) is 0 Å². The highest BCUT2D eigenvalue weighted by molar-refractivity contribution is 7.89. The third kappa shape index (κ3) is 10.6. The lowest BCUT2D eigenvalue weighted by Crippen LogP contribution is -2.16. The van der Waals surface area contributed by atoms with Gasteiger partial charge in [0.15, 0.2) is 0 Å². The minimum Gasteiger partial charge on any atom is -0.379 e. The second kappa shape index (κ2) is 10.5. The van der Waals surface area contributed by atoms with Crippen molar-refractivity contribution in [3.05, 3.63) is 0 Å². The third-order valence-corrected chi connectivity index (χ3v) is 4.40. The summed E-state index contributed by atoms with van der Waals surface area (Å²) >= 11 is 0. The topological polar surface area (TPSA) is 78.6 Å². The van der Waals surface area contributed by atoms with Crippen LogP contribution >= 0.6 is 0 Å². The van der Waals surface area contributed by atoms with Gasteiger partial charge in [-0.3, -0.25) is 0 Å². The summed E-state index contributed by atoms with van der Waals surface area (Å²) in [5, 5.41) is 4.94. The van der Waals surface area contributed by atoms with Gasteiger partial charge >= 0.3 is 0 Å². The van der Waals surface area contributed by atoms with Gasteiger partial charge in [0.25, 0.3) is 0 Å². The van der Waals surface area contributed by atoms with E-state index in [0.717, 1.165) is 51.9 Å². The van der Waals surface area contributed by atoms with E-state index in [1.807, 2.05) is 0 Å². The average molecular weight is 307 g/mol. The quantitative estimate of drug-likeness (QED) is 0.561. The molecule has 0 spiro atoms. The summed E-state index contributed by atoms with van der Waals surface area (Å²) in [5.74, 6) is 0.115. The molecular weight excluding hydrogens is 278 g/mol. The molecule has 2 N–H and O–H groups in total. The molecule has 0 aromatic carbocycles. The molecule has 1 unspecified atom stereocenters.